The third kappa shape index (κ3) is 1.23. The van der Waals surface area contributed by atoms with Crippen LogP contribution in [0.1, 0.15) is 5.56 Å². The molecule has 4 heteroatoms. The van der Waals surface area contributed by atoms with Crippen LogP contribution in [-0.2, 0) is 0 Å². The number of nitrogens with zero attached hydrogens (tertiary/aromatic N) is 1. The minimum atomic E-state index is 0.687. The van der Waals surface area contributed by atoms with E-state index in [0.717, 1.165) is 16.6 Å². The Balaban J connectivity index is 2.88. The second-order valence-electron chi connectivity index (χ2n) is 2.67. The molecule has 0 unspecified atom stereocenters. The summed E-state index contributed by atoms with van der Waals surface area (Å²) in [6, 6.07) is 3.91. The summed E-state index contributed by atoms with van der Waals surface area (Å²) in [6.45, 7) is 2.00. The number of benzene rings is 1. The second kappa shape index (κ2) is 2.75. The highest BCUT2D eigenvalue weighted by Gasteiger charge is 2.04. The van der Waals surface area contributed by atoms with Crippen LogP contribution in [0.5, 0.6) is 0 Å². The summed E-state index contributed by atoms with van der Waals surface area (Å²) in [5.74, 6) is 0. The molecule has 62 valence electrons. The van der Waals surface area contributed by atoms with Crippen molar-refractivity contribution in [3.63, 3.8) is 0 Å². The molecule has 0 aliphatic carbocycles. The molecule has 0 aliphatic rings. The number of imidazole rings is 1. The zero-order valence-electron chi connectivity index (χ0n) is 6.36. The van der Waals surface area contributed by atoms with Crippen LogP contribution in [0.15, 0.2) is 16.9 Å². The van der Waals surface area contributed by atoms with Crippen molar-refractivity contribution in [1.29, 1.82) is 0 Å². The smallest absolute Gasteiger partial charge is 0.175 e. The molecule has 0 aliphatic heterocycles. The number of fused-ring (bicyclic) bond motifs is 1. The SMILES string of the molecule is Cc1cc(Cl)c2nc(Br)[nH]c2c1. The lowest BCUT2D eigenvalue weighted by molar-refractivity contribution is 1.27. The first-order valence-electron chi connectivity index (χ1n) is 3.48. The van der Waals surface area contributed by atoms with E-state index in [-0.39, 0.29) is 0 Å². The van der Waals surface area contributed by atoms with Crippen LogP contribution in [0.2, 0.25) is 5.02 Å². The van der Waals surface area contributed by atoms with Crippen molar-refractivity contribution < 1.29 is 0 Å². The van der Waals surface area contributed by atoms with Crippen LogP contribution in [0.4, 0.5) is 0 Å². The molecular weight excluding hydrogens is 239 g/mol. The maximum Gasteiger partial charge on any atom is 0.175 e. The number of nitrogens with one attached hydrogen (secondary N) is 1. The molecule has 12 heavy (non-hydrogen) atoms. The van der Waals surface area contributed by atoms with Crippen LogP contribution in [0.3, 0.4) is 0 Å². The maximum atomic E-state index is 5.97. The topological polar surface area (TPSA) is 28.7 Å². The molecule has 1 N–H and O–H groups in total. The van der Waals surface area contributed by atoms with Crippen LogP contribution in [0.25, 0.3) is 11.0 Å². The molecule has 0 saturated heterocycles. The molecule has 2 nitrogen and oxygen atoms in total. The van der Waals surface area contributed by atoms with Gasteiger partial charge in [-0.3, -0.25) is 0 Å². The lowest BCUT2D eigenvalue weighted by Crippen LogP contribution is -1.75. The summed E-state index contributed by atoms with van der Waals surface area (Å²) in [7, 11) is 0. The quantitative estimate of drug-likeness (QED) is 0.758. The molecule has 0 radical (unpaired) electrons. The van der Waals surface area contributed by atoms with Gasteiger partial charge in [0.2, 0.25) is 0 Å². The summed E-state index contributed by atoms with van der Waals surface area (Å²) >= 11 is 9.23. The van der Waals surface area contributed by atoms with Crippen molar-refractivity contribution in [2.45, 2.75) is 6.92 Å². The summed E-state index contributed by atoms with van der Waals surface area (Å²) < 4.78 is 0.713. The van der Waals surface area contributed by atoms with Gasteiger partial charge in [0.1, 0.15) is 5.52 Å². The Morgan fingerprint density at radius 3 is 3.00 bits per heavy atom. The third-order valence-corrected chi connectivity index (χ3v) is 2.32. The van der Waals surface area contributed by atoms with E-state index in [2.05, 4.69) is 25.9 Å². The number of aryl methyl sites for hydroxylation is 1. The number of aromatic nitrogens is 2. The molecule has 0 atom stereocenters. The van der Waals surface area contributed by atoms with Gasteiger partial charge < -0.3 is 4.98 Å². The second-order valence-corrected chi connectivity index (χ2v) is 3.83. The standard InChI is InChI=1S/C8H6BrClN2/c1-4-2-5(10)7-6(3-4)11-8(9)12-7/h2-3H,1H3,(H,11,12). The highest BCUT2D eigenvalue weighted by Crippen LogP contribution is 2.24. The Labute approximate surface area is 83.1 Å². The van der Waals surface area contributed by atoms with E-state index < -0.39 is 0 Å². The first kappa shape index (κ1) is 8.08. The maximum absolute atomic E-state index is 5.97. The average Bonchev–Trinajstić information content (AvgIpc) is 2.29. The molecular formula is C8H6BrClN2. The number of aromatic amines is 1. The monoisotopic (exact) mass is 244 g/mol. The van der Waals surface area contributed by atoms with E-state index >= 15 is 0 Å². The summed E-state index contributed by atoms with van der Waals surface area (Å²) in [4.78, 5) is 7.24. The van der Waals surface area contributed by atoms with Gasteiger partial charge in [-0.1, -0.05) is 11.6 Å². The highest BCUT2D eigenvalue weighted by molar-refractivity contribution is 9.10. The molecule has 1 aromatic carbocycles. The summed E-state index contributed by atoms with van der Waals surface area (Å²) in [6.07, 6.45) is 0. The Morgan fingerprint density at radius 2 is 2.25 bits per heavy atom. The fourth-order valence-corrected chi connectivity index (χ4v) is 1.89. The largest absolute Gasteiger partial charge is 0.332 e. The number of halogens is 2. The Hall–Kier alpha value is -0.540. The predicted octanol–water partition coefficient (Wildman–Crippen LogP) is 3.29. The molecule has 0 fully saturated rings. The molecule has 1 aromatic heterocycles. The molecule has 1 heterocycles. The van der Waals surface area contributed by atoms with Crippen molar-refractivity contribution in [3.05, 3.63) is 27.5 Å². The third-order valence-electron chi connectivity index (χ3n) is 1.66. The van der Waals surface area contributed by atoms with E-state index in [0.29, 0.717) is 9.76 Å². The van der Waals surface area contributed by atoms with E-state index in [9.17, 15) is 0 Å². The van der Waals surface area contributed by atoms with Gasteiger partial charge in [-0.15, -0.1) is 0 Å². The van der Waals surface area contributed by atoms with Gasteiger partial charge in [0.05, 0.1) is 10.5 Å². The normalized spacial score (nSPS) is 10.9. The molecule has 0 amide bonds. The van der Waals surface area contributed by atoms with Crippen LogP contribution >= 0.6 is 27.5 Å². The van der Waals surface area contributed by atoms with Crippen LogP contribution in [0, 0.1) is 6.92 Å². The van der Waals surface area contributed by atoms with Crippen LogP contribution in [-0.4, -0.2) is 9.97 Å². The van der Waals surface area contributed by atoms with Crippen molar-refractivity contribution in [2.24, 2.45) is 0 Å². The van der Waals surface area contributed by atoms with E-state index in [1.54, 1.807) is 0 Å². The minimum absolute atomic E-state index is 0.687. The van der Waals surface area contributed by atoms with Crippen molar-refractivity contribution in [3.8, 4) is 0 Å². The van der Waals surface area contributed by atoms with Gasteiger partial charge in [0.25, 0.3) is 0 Å². The zero-order valence-corrected chi connectivity index (χ0v) is 8.70. The summed E-state index contributed by atoms with van der Waals surface area (Å²) in [5, 5.41) is 0.687. The average molecular weight is 246 g/mol. The number of rotatable bonds is 0. The van der Waals surface area contributed by atoms with Gasteiger partial charge in [-0.2, -0.15) is 0 Å². The fourth-order valence-electron chi connectivity index (χ4n) is 1.18. The first-order chi connectivity index (χ1) is 5.66. The minimum Gasteiger partial charge on any atom is -0.332 e. The molecule has 2 rings (SSSR count). The van der Waals surface area contributed by atoms with Gasteiger partial charge in [0.15, 0.2) is 4.73 Å². The van der Waals surface area contributed by atoms with Gasteiger partial charge >= 0.3 is 0 Å². The zero-order chi connectivity index (χ0) is 8.72. The molecule has 0 bridgehead atoms. The predicted molar refractivity (Wildman–Crippen MR) is 53.5 cm³/mol. The molecule has 2 aromatic rings. The first-order valence-corrected chi connectivity index (χ1v) is 4.65. The van der Waals surface area contributed by atoms with E-state index in [4.69, 9.17) is 11.6 Å². The highest BCUT2D eigenvalue weighted by atomic mass is 79.9. The number of hydrogen-bond donors (Lipinski definition) is 1. The van der Waals surface area contributed by atoms with E-state index in [1.807, 2.05) is 19.1 Å². The lowest BCUT2D eigenvalue weighted by atomic mass is 10.2. The molecule has 0 spiro atoms. The summed E-state index contributed by atoms with van der Waals surface area (Å²) in [5.41, 5.74) is 2.91. The van der Waals surface area contributed by atoms with Crippen molar-refractivity contribution in [1.82, 2.24) is 9.97 Å². The van der Waals surface area contributed by atoms with Crippen molar-refractivity contribution >= 4 is 38.6 Å². The van der Waals surface area contributed by atoms with Gasteiger partial charge in [0, 0.05) is 0 Å². The van der Waals surface area contributed by atoms with Gasteiger partial charge in [-0.05, 0) is 40.5 Å². The Kier molecular flexibility index (Phi) is 1.85. The van der Waals surface area contributed by atoms with Crippen molar-refractivity contribution in [2.75, 3.05) is 0 Å². The lowest BCUT2D eigenvalue weighted by Gasteiger charge is -1.94. The Bertz CT molecular complexity index is 436. The van der Waals surface area contributed by atoms with E-state index in [1.165, 1.54) is 0 Å². The molecule has 0 saturated carbocycles. The fraction of sp³-hybridized carbons (Fsp3) is 0.125. The number of hydrogen-bond acceptors (Lipinski definition) is 1. The van der Waals surface area contributed by atoms with Gasteiger partial charge in [-0.25, -0.2) is 4.98 Å². The number of H-pyrrole nitrogens is 1. The van der Waals surface area contributed by atoms with Crippen LogP contribution < -0.4 is 0 Å². The Morgan fingerprint density at radius 1 is 1.50 bits per heavy atom.